The number of amides is 1. The van der Waals surface area contributed by atoms with Crippen LogP contribution < -0.4 is 5.32 Å². The van der Waals surface area contributed by atoms with Gasteiger partial charge in [-0.25, -0.2) is 9.97 Å². The van der Waals surface area contributed by atoms with Gasteiger partial charge in [0.15, 0.2) is 5.13 Å². The molecule has 2 aromatic heterocycles. The van der Waals surface area contributed by atoms with E-state index < -0.39 is 0 Å². The molecule has 1 N–H and O–H groups in total. The molecule has 0 aliphatic heterocycles. The van der Waals surface area contributed by atoms with E-state index in [9.17, 15) is 4.79 Å². The van der Waals surface area contributed by atoms with E-state index in [1.165, 1.54) is 11.3 Å². The van der Waals surface area contributed by atoms with Crippen molar-refractivity contribution in [3.63, 3.8) is 0 Å². The van der Waals surface area contributed by atoms with Gasteiger partial charge in [0, 0.05) is 10.4 Å². The lowest BCUT2D eigenvalue weighted by Crippen LogP contribution is -2.13. The molecule has 1 amide bonds. The minimum Gasteiger partial charge on any atom is -0.296 e. The molecule has 0 atom stereocenters. The number of aromatic nitrogens is 2. The molecule has 0 radical (unpaired) electrons. The lowest BCUT2D eigenvalue weighted by atomic mass is 10.2. The highest BCUT2D eigenvalue weighted by molar-refractivity contribution is 7.22. The Kier molecular flexibility index (Phi) is 3.44. The third kappa shape index (κ3) is 2.76. The second-order valence-electron chi connectivity index (χ2n) is 4.97. The third-order valence-electron chi connectivity index (χ3n) is 3.40. The van der Waals surface area contributed by atoms with Gasteiger partial charge in [-0.3, -0.25) is 10.1 Å². The molecular formula is C17H10ClN3OS. The number of nitrogens with one attached hydrogen (secondary N) is 1. The van der Waals surface area contributed by atoms with Crippen LogP contribution in [0, 0.1) is 0 Å². The van der Waals surface area contributed by atoms with E-state index in [2.05, 4.69) is 15.3 Å². The smallest absolute Gasteiger partial charge is 0.276 e. The zero-order valence-electron chi connectivity index (χ0n) is 11.8. The fourth-order valence-electron chi connectivity index (χ4n) is 2.31. The molecule has 4 nitrogen and oxygen atoms in total. The molecule has 0 aliphatic carbocycles. The van der Waals surface area contributed by atoms with E-state index in [-0.39, 0.29) is 5.91 Å². The third-order valence-corrected chi connectivity index (χ3v) is 4.57. The normalized spacial score (nSPS) is 11.0. The van der Waals surface area contributed by atoms with E-state index >= 15 is 0 Å². The Morgan fingerprint density at radius 1 is 1.00 bits per heavy atom. The number of pyridine rings is 1. The summed E-state index contributed by atoms with van der Waals surface area (Å²) in [7, 11) is 0. The van der Waals surface area contributed by atoms with Crippen LogP contribution in [-0.4, -0.2) is 15.9 Å². The van der Waals surface area contributed by atoms with Crippen LogP contribution in [-0.2, 0) is 0 Å². The Bertz CT molecular complexity index is 1040. The molecule has 0 bridgehead atoms. The van der Waals surface area contributed by atoms with Crippen LogP contribution in [0.2, 0.25) is 5.02 Å². The molecule has 112 valence electrons. The lowest BCUT2D eigenvalue weighted by molar-refractivity contribution is 0.102. The van der Waals surface area contributed by atoms with Crippen molar-refractivity contribution < 1.29 is 4.79 Å². The molecule has 0 unspecified atom stereocenters. The summed E-state index contributed by atoms with van der Waals surface area (Å²) in [6, 6.07) is 16.7. The van der Waals surface area contributed by atoms with Gasteiger partial charge in [-0.2, -0.15) is 0 Å². The Hall–Kier alpha value is -2.50. The highest BCUT2D eigenvalue weighted by atomic mass is 35.5. The van der Waals surface area contributed by atoms with E-state index in [4.69, 9.17) is 11.6 Å². The predicted octanol–water partition coefficient (Wildman–Crippen LogP) is 4.75. The maximum absolute atomic E-state index is 12.4. The summed E-state index contributed by atoms with van der Waals surface area (Å²) < 4.78 is 0.930. The summed E-state index contributed by atoms with van der Waals surface area (Å²) in [6.07, 6.45) is 0. The van der Waals surface area contributed by atoms with Crippen molar-refractivity contribution >= 4 is 55.1 Å². The molecule has 6 heteroatoms. The number of thiazole rings is 1. The number of hydrogen-bond acceptors (Lipinski definition) is 4. The van der Waals surface area contributed by atoms with Crippen LogP contribution in [0.1, 0.15) is 10.5 Å². The number of fused-ring (bicyclic) bond motifs is 2. The fraction of sp³-hybridized carbons (Fsp3) is 0. The molecule has 0 saturated carbocycles. The quantitative estimate of drug-likeness (QED) is 0.573. The van der Waals surface area contributed by atoms with Crippen LogP contribution in [0.3, 0.4) is 0 Å². The number of hydrogen-bond donors (Lipinski definition) is 1. The number of halogens is 1. The van der Waals surface area contributed by atoms with Gasteiger partial charge in [-0.1, -0.05) is 47.2 Å². The van der Waals surface area contributed by atoms with Gasteiger partial charge in [0.2, 0.25) is 0 Å². The first-order chi connectivity index (χ1) is 11.2. The maximum atomic E-state index is 12.4. The zero-order chi connectivity index (χ0) is 15.8. The van der Waals surface area contributed by atoms with Crippen LogP contribution in [0.5, 0.6) is 0 Å². The Labute approximate surface area is 140 Å². The Balaban J connectivity index is 1.64. The maximum Gasteiger partial charge on any atom is 0.276 e. The van der Waals surface area contributed by atoms with Gasteiger partial charge in [0.05, 0.1) is 15.7 Å². The van der Waals surface area contributed by atoms with Crippen LogP contribution in [0.4, 0.5) is 5.13 Å². The molecule has 4 rings (SSSR count). The van der Waals surface area contributed by atoms with E-state index in [1.807, 2.05) is 42.5 Å². The Morgan fingerprint density at radius 2 is 1.87 bits per heavy atom. The summed E-state index contributed by atoms with van der Waals surface area (Å²) in [4.78, 5) is 21.1. The summed E-state index contributed by atoms with van der Waals surface area (Å²) in [5, 5.41) is 4.97. The molecule has 2 aromatic carbocycles. The number of benzene rings is 2. The largest absolute Gasteiger partial charge is 0.296 e. The fourth-order valence-corrected chi connectivity index (χ4v) is 3.44. The van der Waals surface area contributed by atoms with Crippen LogP contribution in [0.25, 0.3) is 21.1 Å². The van der Waals surface area contributed by atoms with Gasteiger partial charge in [0.1, 0.15) is 5.69 Å². The van der Waals surface area contributed by atoms with E-state index in [1.54, 1.807) is 12.1 Å². The van der Waals surface area contributed by atoms with Crippen molar-refractivity contribution in [3.8, 4) is 0 Å². The van der Waals surface area contributed by atoms with Crippen LogP contribution >= 0.6 is 22.9 Å². The number of carbonyl (C=O) groups is 1. The lowest BCUT2D eigenvalue weighted by Gasteiger charge is -2.02. The molecule has 2 heterocycles. The number of nitrogens with zero attached hydrogens (tertiary/aromatic N) is 2. The number of para-hydroxylation sites is 1. The predicted molar refractivity (Wildman–Crippen MR) is 94.3 cm³/mol. The average Bonchev–Trinajstić information content (AvgIpc) is 2.95. The number of rotatable bonds is 2. The molecule has 4 aromatic rings. The Morgan fingerprint density at radius 3 is 2.78 bits per heavy atom. The van der Waals surface area contributed by atoms with Crippen LogP contribution in [0.15, 0.2) is 54.6 Å². The number of anilines is 1. The van der Waals surface area contributed by atoms with Crippen molar-refractivity contribution in [2.24, 2.45) is 0 Å². The monoisotopic (exact) mass is 339 g/mol. The summed E-state index contributed by atoms with van der Waals surface area (Å²) in [5.74, 6) is -0.277. The van der Waals surface area contributed by atoms with Gasteiger partial charge in [-0.05, 0) is 30.3 Å². The second-order valence-corrected chi connectivity index (χ2v) is 6.44. The van der Waals surface area contributed by atoms with Crippen molar-refractivity contribution in [2.45, 2.75) is 0 Å². The molecule has 0 aliphatic rings. The average molecular weight is 340 g/mol. The summed E-state index contributed by atoms with van der Waals surface area (Å²) in [5.41, 5.74) is 1.96. The standard InChI is InChI=1S/C17H10ClN3OS/c18-11-6-8-13-15(9-11)23-17(20-13)21-16(22)14-7-5-10-3-1-2-4-12(10)19-14/h1-9H,(H,20,21,22). The minimum atomic E-state index is -0.277. The van der Waals surface area contributed by atoms with Gasteiger partial charge < -0.3 is 0 Å². The van der Waals surface area contributed by atoms with Crippen molar-refractivity contribution in [3.05, 3.63) is 65.3 Å². The second kappa shape index (κ2) is 5.61. The molecule has 0 saturated heterocycles. The van der Waals surface area contributed by atoms with Crippen molar-refractivity contribution in [1.29, 1.82) is 0 Å². The topological polar surface area (TPSA) is 54.9 Å². The first-order valence-electron chi connectivity index (χ1n) is 6.92. The SMILES string of the molecule is O=C(Nc1nc2ccc(Cl)cc2s1)c1ccc2ccccc2n1. The highest BCUT2D eigenvalue weighted by Gasteiger charge is 2.12. The first-order valence-corrected chi connectivity index (χ1v) is 8.12. The first kappa shape index (κ1) is 14.1. The highest BCUT2D eigenvalue weighted by Crippen LogP contribution is 2.28. The molecule has 0 spiro atoms. The molecule has 23 heavy (non-hydrogen) atoms. The van der Waals surface area contributed by atoms with Gasteiger partial charge in [0.25, 0.3) is 5.91 Å². The van der Waals surface area contributed by atoms with Gasteiger partial charge >= 0.3 is 0 Å². The van der Waals surface area contributed by atoms with Crippen molar-refractivity contribution in [2.75, 3.05) is 5.32 Å². The number of carbonyl (C=O) groups excluding carboxylic acids is 1. The molecular weight excluding hydrogens is 330 g/mol. The summed E-state index contributed by atoms with van der Waals surface area (Å²) >= 11 is 7.35. The van der Waals surface area contributed by atoms with Gasteiger partial charge in [-0.15, -0.1) is 0 Å². The summed E-state index contributed by atoms with van der Waals surface area (Å²) in [6.45, 7) is 0. The zero-order valence-corrected chi connectivity index (χ0v) is 13.4. The minimum absolute atomic E-state index is 0.277. The van der Waals surface area contributed by atoms with Crippen molar-refractivity contribution in [1.82, 2.24) is 9.97 Å². The van der Waals surface area contributed by atoms with E-state index in [0.717, 1.165) is 21.1 Å². The molecule has 0 fully saturated rings. The van der Waals surface area contributed by atoms with E-state index in [0.29, 0.717) is 15.8 Å².